The summed E-state index contributed by atoms with van der Waals surface area (Å²) in [5.74, 6) is 0. The standard InChI is InChI=1S/C12H21N3O2S/c1-3-7-15(8-4-2)18(16,17)12-6-5-11(9-13)14-10-12/h5-6,10H,3-4,7-9,13H2,1-2H3. The molecule has 18 heavy (non-hydrogen) atoms. The van der Waals surface area contributed by atoms with E-state index in [4.69, 9.17) is 5.73 Å². The summed E-state index contributed by atoms with van der Waals surface area (Å²) in [4.78, 5) is 4.27. The lowest BCUT2D eigenvalue weighted by atomic mass is 10.4. The third kappa shape index (κ3) is 3.51. The van der Waals surface area contributed by atoms with Gasteiger partial charge in [-0.15, -0.1) is 0 Å². The summed E-state index contributed by atoms with van der Waals surface area (Å²) in [7, 11) is -3.42. The molecule has 5 nitrogen and oxygen atoms in total. The molecule has 0 aliphatic rings. The molecule has 0 atom stereocenters. The molecule has 1 aromatic rings. The van der Waals surface area contributed by atoms with Crippen molar-refractivity contribution in [1.82, 2.24) is 9.29 Å². The molecule has 0 unspecified atom stereocenters. The summed E-state index contributed by atoms with van der Waals surface area (Å²) in [6.07, 6.45) is 2.98. The molecule has 1 rings (SSSR count). The van der Waals surface area contributed by atoms with Gasteiger partial charge in [-0.1, -0.05) is 13.8 Å². The van der Waals surface area contributed by atoms with E-state index in [-0.39, 0.29) is 4.90 Å². The molecule has 0 fully saturated rings. The maximum Gasteiger partial charge on any atom is 0.244 e. The predicted octanol–water partition coefficient (Wildman–Crippen LogP) is 1.35. The van der Waals surface area contributed by atoms with E-state index in [1.165, 1.54) is 10.5 Å². The minimum absolute atomic E-state index is 0.238. The summed E-state index contributed by atoms with van der Waals surface area (Å²) < 4.78 is 26.2. The number of sulfonamides is 1. The number of nitrogens with two attached hydrogens (primary N) is 1. The molecule has 0 bridgehead atoms. The fourth-order valence-electron chi connectivity index (χ4n) is 1.68. The first-order valence-corrected chi connectivity index (χ1v) is 7.65. The lowest BCUT2D eigenvalue weighted by molar-refractivity contribution is 0.409. The van der Waals surface area contributed by atoms with Gasteiger partial charge in [0.1, 0.15) is 4.90 Å². The Morgan fingerprint density at radius 1 is 1.22 bits per heavy atom. The molecule has 0 saturated heterocycles. The number of rotatable bonds is 7. The smallest absolute Gasteiger partial charge is 0.244 e. The Balaban J connectivity index is 3.01. The van der Waals surface area contributed by atoms with Crippen LogP contribution in [-0.2, 0) is 16.6 Å². The van der Waals surface area contributed by atoms with Crippen LogP contribution in [0.3, 0.4) is 0 Å². The molecular formula is C12H21N3O2S. The quantitative estimate of drug-likeness (QED) is 0.812. The highest BCUT2D eigenvalue weighted by molar-refractivity contribution is 7.89. The number of pyridine rings is 1. The van der Waals surface area contributed by atoms with Crippen LogP contribution in [0.2, 0.25) is 0 Å². The highest BCUT2D eigenvalue weighted by Crippen LogP contribution is 2.15. The monoisotopic (exact) mass is 271 g/mol. The largest absolute Gasteiger partial charge is 0.325 e. The Morgan fingerprint density at radius 3 is 2.22 bits per heavy atom. The van der Waals surface area contributed by atoms with Gasteiger partial charge in [0, 0.05) is 25.8 Å². The van der Waals surface area contributed by atoms with Crippen molar-refractivity contribution in [3.63, 3.8) is 0 Å². The van der Waals surface area contributed by atoms with E-state index in [1.54, 1.807) is 12.1 Å². The number of hydrogen-bond acceptors (Lipinski definition) is 4. The molecule has 102 valence electrons. The third-order valence-electron chi connectivity index (χ3n) is 2.59. The zero-order chi connectivity index (χ0) is 13.6. The Bertz CT molecular complexity index is 451. The van der Waals surface area contributed by atoms with Gasteiger partial charge < -0.3 is 5.73 Å². The number of hydrogen-bond donors (Lipinski definition) is 1. The van der Waals surface area contributed by atoms with Crippen molar-refractivity contribution in [3.05, 3.63) is 24.0 Å². The molecule has 0 aliphatic carbocycles. The lowest BCUT2D eigenvalue weighted by Gasteiger charge is -2.20. The first-order chi connectivity index (χ1) is 8.56. The zero-order valence-electron chi connectivity index (χ0n) is 11.0. The first-order valence-electron chi connectivity index (χ1n) is 6.21. The molecule has 0 spiro atoms. The highest BCUT2D eigenvalue weighted by atomic mass is 32.2. The molecule has 1 heterocycles. The molecular weight excluding hydrogens is 250 g/mol. The topological polar surface area (TPSA) is 76.3 Å². The normalized spacial score (nSPS) is 12.0. The van der Waals surface area contributed by atoms with Crippen LogP contribution < -0.4 is 5.73 Å². The number of aromatic nitrogens is 1. The van der Waals surface area contributed by atoms with E-state index in [0.717, 1.165) is 12.8 Å². The van der Waals surface area contributed by atoms with Gasteiger partial charge in [0.15, 0.2) is 0 Å². The van der Waals surface area contributed by atoms with E-state index in [2.05, 4.69) is 4.98 Å². The minimum Gasteiger partial charge on any atom is -0.325 e. The molecule has 1 aromatic heterocycles. The van der Waals surface area contributed by atoms with Crippen LogP contribution in [0.4, 0.5) is 0 Å². The van der Waals surface area contributed by atoms with Crippen LogP contribution in [-0.4, -0.2) is 30.8 Å². The second-order valence-electron chi connectivity index (χ2n) is 4.09. The average molecular weight is 271 g/mol. The van der Waals surface area contributed by atoms with E-state index < -0.39 is 10.0 Å². The molecule has 2 N–H and O–H groups in total. The van der Waals surface area contributed by atoms with Crippen molar-refractivity contribution in [3.8, 4) is 0 Å². The van der Waals surface area contributed by atoms with Crippen LogP contribution in [0.15, 0.2) is 23.2 Å². The SMILES string of the molecule is CCCN(CCC)S(=O)(=O)c1ccc(CN)nc1. The zero-order valence-corrected chi connectivity index (χ0v) is 11.8. The van der Waals surface area contributed by atoms with Crippen LogP contribution in [0.25, 0.3) is 0 Å². The molecule has 0 aromatic carbocycles. The van der Waals surface area contributed by atoms with E-state index in [1.807, 2.05) is 13.8 Å². The second kappa shape index (κ2) is 6.82. The Kier molecular flexibility index (Phi) is 5.71. The van der Waals surface area contributed by atoms with Gasteiger partial charge in [-0.25, -0.2) is 8.42 Å². The summed E-state index contributed by atoms with van der Waals surface area (Å²) in [5, 5.41) is 0. The van der Waals surface area contributed by atoms with E-state index in [0.29, 0.717) is 25.3 Å². The third-order valence-corrected chi connectivity index (χ3v) is 4.47. The van der Waals surface area contributed by atoms with Gasteiger partial charge in [0.2, 0.25) is 10.0 Å². The van der Waals surface area contributed by atoms with Gasteiger partial charge >= 0.3 is 0 Å². The summed E-state index contributed by atoms with van der Waals surface area (Å²) in [5.41, 5.74) is 6.13. The Morgan fingerprint density at radius 2 is 1.83 bits per heavy atom. The molecule has 0 radical (unpaired) electrons. The van der Waals surface area contributed by atoms with Crippen molar-refractivity contribution in [2.24, 2.45) is 5.73 Å². The Labute approximate surface area is 109 Å². The average Bonchev–Trinajstić information content (AvgIpc) is 2.38. The Hall–Kier alpha value is -0.980. The van der Waals surface area contributed by atoms with Crippen LogP contribution in [0.5, 0.6) is 0 Å². The number of nitrogens with zero attached hydrogens (tertiary/aromatic N) is 2. The van der Waals surface area contributed by atoms with Crippen LogP contribution in [0, 0.1) is 0 Å². The first kappa shape index (κ1) is 15.1. The minimum atomic E-state index is -3.42. The maximum absolute atomic E-state index is 12.4. The fourth-order valence-corrected chi connectivity index (χ4v) is 3.25. The van der Waals surface area contributed by atoms with Crippen LogP contribution >= 0.6 is 0 Å². The predicted molar refractivity (Wildman–Crippen MR) is 71.5 cm³/mol. The summed E-state index contributed by atoms with van der Waals surface area (Å²) in [6, 6.07) is 3.23. The van der Waals surface area contributed by atoms with Crippen molar-refractivity contribution in [2.45, 2.75) is 38.1 Å². The molecule has 0 saturated carbocycles. The van der Waals surface area contributed by atoms with Gasteiger partial charge in [-0.05, 0) is 25.0 Å². The van der Waals surface area contributed by atoms with Gasteiger partial charge in [0.05, 0.1) is 5.69 Å². The summed E-state index contributed by atoms with van der Waals surface area (Å²) >= 11 is 0. The van der Waals surface area contributed by atoms with Crippen molar-refractivity contribution in [2.75, 3.05) is 13.1 Å². The van der Waals surface area contributed by atoms with Crippen LogP contribution in [0.1, 0.15) is 32.4 Å². The maximum atomic E-state index is 12.4. The van der Waals surface area contributed by atoms with E-state index >= 15 is 0 Å². The van der Waals surface area contributed by atoms with Crippen molar-refractivity contribution < 1.29 is 8.42 Å². The molecule has 0 aliphatic heterocycles. The fraction of sp³-hybridized carbons (Fsp3) is 0.583. The second-order valence-corrected chi connectivity index (χ2v) is 6.03. The summed E-state index contributed by atoms with van der Waals surface area (Å²) in [6.45, 7) is 5.32. The molecule has 6 heteroatoms. The van der Waals surface area contributed by atoms with Gasteiger partial charge in [-0.3, -0.25) is 4.98 Å². The van der Waals surface area contributed by atoms with Gasteiger partial charge in [-0.2, -0.15) is 4.31 Å². The highest BCUT2D eigenvalue weighted by Gasteiger charge is 2.23. The van der Waals surface area contributed by atoms with Crippen molar-refractivity contribution >= 4 is 10.0 Å². The lowest BCUT2D eigenvalue weighted by Crippen LogP contribution is -2.32. The van der Waals surface area contributed by atoms with E-state index in [9.17, 15) is 8.42 Å². The molecule has 0 amide bonds. The van der Waals surface area contributed by atoms with Crippen molar-refractivity contribution in [1.29, 1.82) is 0 Å². The van der Waals surface area contributed by atoms with Gasteiger partial charge in [0.25, 0.3) is 0 Å².